The molecular weight excluding hydrogens is 406 g/mol. The molecule has 2 aliphatic rings. The van der Waals surface area contributed by atoms with Crippen LogP contribution in [0, 0.1) is 16.0 Å². The number of nitrogens with one attached hydrogen (secondary N) is 1. The lowest BCUT2D eigenvalue weighted by atomic mass is 9.83. The van der Waals surface area contributed by atoms with Crippen molar-refractivity contribution in [2.75, 3.05) is 29.0 Å². The monoisotopic (exact) mass is 439 g/mol. The topological polar surface area (TPSA) is 136 Å². The summed E-state index contributed by atoms with van der Waals surface area (Å²) in [6.07, 6.45) is 8.07. The number of aromatic nitrogens is 2. The molecule has 0 atom stereocenters. The van der Waals surface area contributed by atoms with Crippen molar-refractivity contribution >= 4 is 23.1 Å². The van der Waals surface area contributed by atoms with E-state index in [1.807, 2.05) is 0 Å². The lowest BCUT2D eigenvalue weighted by Gasteiger charge is -2.29. The summed E-state index contributed by atoms with van der Waals surface area (Å²) in [5.41, 5.74) is 14.6. The Morgan fingerprint density at radius 3 is 2.59 bits per heavy atom. The first-order valence-electron chi connectivity index (χ1n) is 11.6. The molecule has 0 radical (unpaired) electrons. The fourth-order valence-electron chi connectivity index (χ4n) is 4.80. The van der Waals surface area contributed by atoms with E-state index in [0.717, 1.165) is 44.3 Å². The van der Waals surface area contributed by atoms with E-state index in [9.17, 15) is 10.1 Å². The molecule has 1 saturated carbocycles. The van der Waals surface area contributed by atoms with Crippen molar-refractivity contribution in [3.8, 4) is 0 Å². The Kier molecular flexibility index (Phi) is 7.04. The summed E-state index contributed by atoms with van der Waals surface area (Å²) >= 11 is 0. The maximum absolute atomic E-state index is 11.6. The normalized spacial score (nSPS) is 21.3. The van der Waals surface area contributed by atoms with Gasteiger partial charge in [-0.3, -0.25) is 10.1 Å². The van der Waals surface area contributed by atoms with E-state index in [1.165, 1.54) is 24.9 Å². The fraction of sp³-hybridized carbons (Fsp3) is 0.565. The molecule has 2 heterocycles. The van der Waals surface area contributed by atoms with Crippen molar-refractivity contribution < 1.29 is 4.92 Å². The predicted octanol–water partition coefficient (Wildman–Crippen LogP) is 3.63. The van der Waals surface area contributed by atoms with Crippen LogP contribution in [0.3, 0.4) is 0 Å². The van der Waals surface area contributed by atoms with Crippen molar-refractivity contribution in [1.29, 1.82) is 0 Å². The molecule has 172 valence electrons. The van der Waals surface area contributed by atoms with Gasteiger partial charge in [-0.2, -0.15) is 4.98 Å². The van der Waals surface area contributed by atoms with Gasteiger partial charge in [0, 0.05) is 31.4 Å². The molecule has 9 heteroatoms. The van der Waals surface area contributed by atoms with Gasteiger partial charge < -0.3 is 21.7 Å². The molecule has 4 rings (SSSR count). The maximum Gasteiger partial charge on any atom is 0.332 e. The number of nitrogens with two attached hydrogens (primary N) is 2. The Bertz CT molecular complexity index is 938. The predicted molar refractivity (Wildman–Crippen MR) is 127 cm³/mol. The number of piperidine rings is 1. The molecule has 1 aromatic carbocycles. The minimum Gasteiger partial charge on any atom is -0.378 e. The quantitative estimate of drug-likeness (QED) is 0.439. The Morgan fingerprint density at radius 2 is 1.88 bits per heavy atom. The minimum atomic E-state index is -0.467. The van der Waals surface area contributed by atoms with Crippen LogP contribution in [-0.4, -0.2) is 34.0 Å². The molecule has 1 aliphatic heterocycles. The van der Waals surface area contributed by atoms with Crippen LogP contribution in [0.5, 0.6) is 0 Å². The van der Waals surface area contributed by atoms with E-state index >= 15 is 0 Å². The van der Waals surface area contributed by atoms with Crippen LogP contribution in [0.1, 0.15) is 56.2 Å². The summed E-state index contributed by atoms with van der Waals surface area (Å²) in [6, 6.07) is 8.67. The molecule has 9 nitrogen and oxygen atoms in total. The highest BCUT2D eigenvalue weighted by Crippen LogP contribution is 2.32. The van der Waals surface area contributed by atoms with Crippen molar-refractivity contribution in [2.24, 2.45) is 11.7 Å². The van der Waals surface area contributed by atoms with Gasteiger partial charge in [0.1, 0.15) is 5.69 Å². The van der Waals surface area contributed by atoms with Crippen LogP contribution in [0.2, 0.25) is 0 Å². The number of nitrogens with zero attached hydrogens (tertiary/aromatic N) is 4. The summed E-state index contributed by atoms with van der Waals surface area (Å²) in [4.78, 5) is 22.2. The van der Waals surface area contributed by atoms with Crippen LogP contribution in [0.15, 0.2) is 24.3 Å². The zero-order chi connectivity index (χ0) is 22.5. The molecule has 0 unspecified atom stereocenters. The highest BCUT2D eigenvalue weighted by Gasteiger charge is 2.27. The summed E-state index contributed by atoms with van der Waals surface area (Å²) in [6.45, 7) is 2.71. The van der Waals surface area contributed by atoms with E-state index in [-0.39, 0.29) is 17.5 Å². The highest BCUT2D eigenvalue weighted by molar-refractivity contribution is 5.58. The molecule has 0 bridgehead atoms. The van der Waals surface area contributed by atoms with E-state index in [0.29, 0.717) is 30.5 Å². The Hall–Kier alpha value is -2.94. The van der Waals surface area contributed by atoms with Gasteiger partial charge in [-0.25, -0.2) is 4.98 Å². The summed E-state index contributed by atoms with van der Waals surface area (Å²) < 4.78 is 0. The summed E-state index contributed by atoms with van der Waals surface area (Å²) in [5.74, 6) is 0.577. The third kappa shape index (κ3) is 5.45. The molecule has 1 aromatic heterocycles. The third-order valence-electron chi connectivity index (χ3n) is 6.62. The van der Waals surface area contributed by atoms with Crippen LogP contribution in [-0.2, 0) is 13.0 Å². The lowest BCUT2D eigenvalue weighted by Crippen LogP contribution is -2.29. The average molecular weight is 440 g/mol. The first-order valence-corrected chi connectivity index (χ1v) is 11.6. The molecule has 5 N–H and O–H groups in total. The second-order valence-corrected chi connectivity index (χ2v) is 9.04. The first-order chi connectivity index (χ1) is 15.5. The zero-order valence-electron chi connectivity index (χ0n) is 18.5. The molecule has 1 aliphatic carbocycles. The van der Waals surface area contributed by atoms with Gasteiger partial charge in [-0.1, -0.05) is 12.1 Å². The first kappa shape index (κ1) is 22.3. The summed E-state index contributed by atoms with van der Waals surface area (Å²) in [5, 5.41) is 14.8. The third-order valence-corrected chi connectivity index (χ3v) is 6.62. The number of benzene rings is 1. The number of nitro groups is 1. The van der Waals surface area contributed by atoms with Gasteiger partial charge in [0.15, 0.2) is 0 Å². The fourth-order valence-corrected chi connectivity index (χ4v) is 4.80. The Balaban J connectivity index is 1.47. The van der Waals surface area contributed by atoms with Crippen LogP contribution in [0.25, 0.3) is 0 Å². The number of hydrogen-bond donors (Lipinski definition) is 3. The van der Waals surface area contributed by atoms with Crippen LogP contribution < -0.4 is 21.7 Å². The maximum atomic E-state index is 11.6. The van der Waals surface area contributed by atoms with E-state index in [4.69, 9.17) is 11.5 Å². The molecule has 0 spiro atoms. The molecule has 0 amide bonds. The second kappa shape index (κ2) is 10.1. The van der Waals surface area contributed by atoms with Crippen LogP contribution >= 0.6 is 0 Å². The molecule has 2 aromatic rings. The van der Waals surface area contributed by atoms with Crippen molar-refractivity contribution in [1.82, 2.24) is 9.97 Å². The molecule has 2 fully saturated rings. The van der Waals surface area contributed by atoms with Crippen molar-refractivity contribution in [3.63, 3.8) is 0 Å². The number of anilines is 3. The Labute approximate surface area is 188 Å². The molecule has 1 saturated heterocycles. The number of nitrogen functional groups attached to an aromatic ring is 1. The largest absolute Gasteiger partial charge is 0.378 e. The van der Waals surface area contributed by atoms with Crippen molar-refractivity contribution in [3.05, 3.63) is 45.6 Å². The van der Waals surface area contributed by atoms with Gasteiger partial charge >= 0.3 is 5.69 Å². The van der Waals surface area contributed by atoms with Gasteiger partial charge in [0.05, 0.1) is 4.92 Å². The minimum absolute atomic E-state index is 0.0860. The SMILES string of the molecule is Nc1nc(NCc2cccc(N3CCCCC3)c2)nc(C[C@H]2CC[C@H](N)CC2)c1[N+](=O)[O-]. The smallest absolute Gasteiger partial charge is 0.332 e. The lowest BCUT2D eigenvalue weighted by molar-refractivity contribution is -0.385. The van der Waals surface area contributed by atoms with Crippen molar-refractivity contribution in [2.45, 2.75) is 64.0 Å². The van der Waals surface area contributed by atoms with Gasteiger partial charge in [-0.05, 0) is 75.0 Å². The van der Waals surface area contributed by atoms with Gasteiger partial charge in [-0.15, -0.1) is 0 Å². The molecular formula is C23H33N7O2. The number of hydrogen-bond acceptors (Lipinski definition) is 8. The van der Waals surface area contributed by atoms with E-state index in [2.05, 4.69) is 44.5 Å². The molecule has 32 heavy (non-hydrogen) atoms. The standard InChI is InChI=1S/C23H33N7O2/c24-18-9-7-16(8-10-18)14-20-21(30(31)32)22(25)28-23(27-20)26-15-17-5-4-6-19(13-17)29-11-2-1-3-12-29/h4-6,13,16,18H,1-3,7-12,14-15,24H2,(H3,25,26,27,28)/t16-,18-. The van der Waals surface area contributed by atoms with E-state index in [1.54, 1.807) is 0 Å². The van der Waals surface area contributed by atoms with Gasteiger partial charge in [0.2, 0.25) is 11.8 Å². The van der Waals surface area contributed by atoms with Gasteiger partial charge in [0.25, 0.3) is 0 Å². The second-order valence-electron chi connectivity index (χ2n) is 9.04. The highest BCUT2D eigenvalue weighted by atomic mass is 16.6. The van der Waals surface area contributed by atoms with E-state index < -0.39 is 4.92 Å². The number of rotatable bonds is 7. The average Bonchev–Trinajstić information content (AvgIpc) is 2.79. The summed E-state index contributed by atoms with van der Waals surface area (Å²) in [7, 11) is 0. The zero-order valence-corrected chi connectivity index (χ0v) is 18.5. The van der Waals surface area contributed by atoms with Crippen LogP contribution in [0.4, 0.5) is 23.1 Å². The Morgan fingerprint density at radius 1 is 1.12 bits per heavy atom.